The largest absolute Gasteiger partial charge is 0.0654 e. The van der Waals surface area contributed by atoms with Gasteiger partial charge < -0.3 is 0 Å². The maximum absolute atomic E-state index is 2.37. The first-order valence-corrected chi connectivity index (χ1v) is 22.9. The van der Waals surface area contributed by atoms with Crippen molar-refractivity contribution < 1.29 is 0 Å². The van der Waals surface area contributed by atoms with E-state index in [1.807, 2.05) is 0 Å². The molecule has 2 aliphatic carbocycles. The Morgan fingerprint density at radius 1 is 0.383 bits per heavy atom. The van der Waals surface area contributed by atoms with Gasteiger partial charge in [-0.1, -0.05) is 226 Å². The van der Waals surface area contributed by atoms with Crippen molar-refractivity contribution in [2.24, 2.45) is 16.7 Å². The summed E-state index contributed by atoms with van der Waals surface area (Å²) in [6, 6.07) is 0. The molecular weight excluding hydrogens is 565 g/mol. The van der Waals surface area contributed by atoms with Crippen LogP contribution >= 0.6 is 0 Å². The molecule has 0 radical (unpaired) electrons. The summed E-state index contributed by atoms with van der Waals surface area (Å²) in [4.78, 5) is 0. The van der Waals surface area contributed by atoms with Crippen LogP contribution in [-0.2, 0) is 0 Å². The number of rotatable bonds is 35. The molecule has 0 saturated heterocycles. The average molecular weight is 655 g/mol. The van der Waals surface area contributed by atoms with Crippen LogP contribution in [0.3, 0.4) is 0 Å². The highest BCUT2D eigenvalue weighted by Crippen LogP contribution is 2.72. The SMILES string of the molecule is CCCCCCCCC1=C(CCCCCCCC)C2(CCCCCCCC)CC1(CCCCCCCC)CC2CCCCCCCC. The fourth-order valence-electron chi connectivity index (χ4n) is 10.5. The van der Waals surface area contributed by atoms with Gasteiger partial charge >= 0.3 is 0 Å². The topological polar surface area (TPSA) is 0 Å². The second-order valence-electron chi connectivity index (χ2n) is 17.1. The van der Waals surface area contributed by atoms with E-state index in [0.29, 0.717) is 10.8 Å². The van der Waals surface area contributed by atoms with Crippen molar-refractivity contribution in [3.63, 3.8) is 0 Å². The van der Waals surface area contributed by atoms with E-state index in [1.54, 1.807) is 25.7 Å². The molecule has 0 amide bonds. The molecule has 47 heavy (non-hydrogen) atoms. The van der Waals surface area contributed by atoms with Gasteiger partial charge in [-0.2, -0.15) is 0 Å². The van der Waals surface area contributed by atoms with Crippen LogP contribution in [0.5, 0.6) is 0 Å². The highest BCUT2D eigenvalue weighted by Gasteiger charge is 2.61. The minimum atomic E-state index is 0.581. The molecule has 0 N–H and O–H groups in total. The van der Waals surface area contributed by atoms with Gasteiger partial charge in [0.2, 0.25) is 0 Å². The molecule has 0 heteroatoms. The van der Waals surface area contributed by atoms with Crippen LogP contribution in [0.25, 0.3) is 0 Å². The Hall–Kier alpha value is -0.260. The van der Waals surface area contributed by atoms with E-state index in [-0.39, 0.29) is 0 Å². The van der Waals surface area contributed by atoms with Crippen LogP contribution < -0.4 is 0 Å². The molecule has 0 aromatic rings. The monoisotopic (exact) mass is 655 g/mol. The standard InChI is InChI=1S/C47H90/c1-6-11-16-21-26-31-36-43-41-46(39-34-29-24-19-14-9-4)42-47(43,40-35-30-25-20-15-10-5)45(38-33-28-23-18-13-8-3)44(46)37-32-27-22-17-12-7-2/h43H,6-42H2,1-5H3. The molecule has 0 aromatic heterocycles. The van der Waals surface area contributed by atoms with Crippen molar-refractivity contribution in [3.8, 4) is 0 Å². The van der Waals surface area contributed by atoms with Crippen molar-refractivity contribution >= 4 is 0 Å². The second-order valence-corrected chi connectivity index (χ2v) is 17.1. The zero-order chi connectivity index (χ0) is 33.9. The lowest BCUT2D eigenvalue weighted by Gasteiger charge is -2.41. The highest BCUT2D eigenvalue weighted by molar-refractivity contribution is 5.41. The summed E-state index contributed by atoms with van der Waals surface area (Å²) in [6.07, 6.45) is 54.5. The van der Waals surface area contributed by atoms with Gasteiger partial charge in [0.1, 0.15) is 0 Å². The molecule has 1 fully saturated rings. The minimum absolute atomic E-state index is 0.581. The third kappa shape index (κ3) is 15.7. The maximum atomic E-state index is 2.37. The zero-order valence-electron chi connectivity index (χ0n) is 33.7. The lowest BCUT2D eigenvalue weighted by atomic mass is 9.63. The van der Waals surface area contributed by atoms with Crippen LogP contribution in [0.1, 0.15) is 272 Å². The maximum Gasteiger partial charge on any atom is -0.00483 e. The molecule has 0 aromatic carbocycles. The number of allylic oxidation sites excluding steroid dienone is 2. The molecule has 278 valence electrons. The van der Waals surface area contributed by atoms with Crippen molar-refractivity contribution in [2.45, 2.75) is 272 Å². The van der Waals surface area contributed by atoms with E-state index < -0.39 is 0 Å². The third-order valence-electron chi connectivity index (χ3n) is 13.1. The second kappa shape index (κ2) is 27.5. The first-order chi connectivity index (χ1) is 23.1. The van der Waals surface area contributed by atoms with Gasteiger partial charge in [0.05, 0.1) is 0 Å². The van der Waals surface area contributed by atoms with Crippen molar-refractivity contribution in [3.05, 3.63) is 11.1 Å². The predicted octanol–water partition coefficient (Wildman–Crippen LogP) is 17.4. The Morgan fingerprint density at radius 2 is 0.745 bits per heavy atom. The van der Waals surface area contributed by atoms with Crippen LogP contribution in [0, 0.1) is 16.7 Å². The van der Waals surface area contributed by atoms with E-state index in [0.717, 1.165) is 5.92 Å². The molecule has 0 spiro atoms. The lowest BCUT2D eigenvalue weighted by molar-refractivity contribution is 0.202. The normalized spacial score (nSPS) is 22.3. The average Bonchev–Trinajstić information content (AvgIpc) is 3.53. The molecule has 0 heterocycles. The lowest BCUT2D eigenvalue weighted by Crippen LogP contribution is -2.30. The quantitative estimate of drug-likeness (QED) is 0.0471. The van der Waals surface area contributed by atoms with E-state index in [1.165, 1.54) is 212 Å². The number of unbranched alkanes of at least 4 members (excludes halogenated alkanes) is 25. The third-order valence-corrected chi connectivity index (χ3v) is 13.1. The van der Waals surface area contributed by atoms with Gasteiger partial charge in [-0.25, -0.2) is 0 Å². The van der Waals surface area contributed by atoms with Crippen molar-refractivity contribution in [1.29, 1.82) is 0 Å². The first-order valence-electron chi connectivity index (χ1n) is 22.9. The Bertz CT molecular complexity index is 745. The fourth-order valence-corrected chi connectivity index (χ4v) is 10.5. The first kappa shape index (κ1) is 42.9. The van der Waals surface area contributed by atoms with Gasteiger partial charge in [0, 0.05) is 0 Å². The van der Waals surface area contributed by atoms with Crippen LogP contribution in [0.2, 0.25) is 0 Å². The fraction of sp³-hybridized carbons (Fsp3) is 0.957. The molecular formula is C47H90. The summed E-state index contributed by atoms with van der Waals surface area (Å²) in [5, 5.41) is 0. The van der Waals surface area contributed by atoms with Gasteiger partial charge in [-0.15, -0.1) is 0 Å². The summed E-state index contributed by atoms with van der Waals surface area (Å²) in [6.45, 7) is 11.8. The summed E-state index contributed by atoms with van der Waals surface area (Å²) >= 11 is 0. The molecule has 1 saturated carbocycles. The van der Waals surface area contributed by atoms with Gasteiger partial charge in [0.25, 0.3) is 0 Å². The summed E-state index contributed by atoms with van der Waals surface area (Å²) in [5.41, 5.74) is 5.38. The van der Waals surface area contributed by atoms with E-state index >= 15 is 0 Å². The molecule has 2 rings (SSSR count). The molecule has 0 nitrogen and oxygen atoms in total. The highest BCUT2D eigenvalue weighted by atomic mass is 14.7. The van der Waals surface area contributed by atoms with Crippen LogP contribution in [-0.4, -0.2) is 0 Å². The Morgan fingerprint density at radius 3 is 1.21 bits per heavy atom. The van der Waals surface area contributed by atoms with Gasteiger partial charge in [-0.05, 0) is 74.5 Å². The predicted molar refractivity (Wildman–Crippen MR) is 215 cm³/mol. The Kier molecular flexibility index (Phi) is 25.1. The van der Waals surface area contributed by atoms with Crippen LogP contribution in [0.4, 0.5) is 0 Å². The van der Waals surface area contributed by atoms with Crippen molar-refractivity contribution in [1.82, 2.24) is 0 Å². The van der Waals surface area contributed by atoms with E-state index in [4.69, 9.17) is 0 Å². The Labute approximate surface area is 299 Å². The smallest absolute Gasteiger partial charge is 0.00483 e. The molecule has 2 bridgehead atoms. The minimum Gasteiger partial charge on any atom is -0.0654 e. The molecule has 0 aliphatic heterocycles. The van der Waals surface area contributed by atoms with E-state index in [2.05, 4.69) is 45.8 Å². The molecule has 3 unspecified atom stereocenters. The zero-order valence-corrected chi connectivity index (χ0v) is 33.7. The molecule has 2 aliphatic rings. The Balaban J connectivity index is 2.32. The number of hydrogen-bond acceptors (Lipinski definition) is 0. The summed E-state index contributed by atoms with van der Waals surface area (Å²) < 4.78 is 0. The summed E-state index contributed by atoms with van der Waals surface area (Å²) in [5.74, 6) is 0.993. The number of fused-ring (bicyclic) bond motifs is 2. The van der Waals surface area contributed by atoms with Gasteiger partial charge in [0.15, 0.2) is 0 Å². The molecule has 3 atom stereocenters. The van der Waals surface area contributed by atoms with Crippen LogP contribution in [0.15, 0.2) is 11.1 Å². The number of hydrogen-bond donors (Lipinski definition) is 0. The van der Waals surface area contributed by atoms with E-state index in [9.17, 15) is 0 Å². The van der Waals surface area contributed by atoms with Gasteiger partial charge in [-0.3, -0.25) is 0 Å². The summed E-state index contributed by atoms with van der Waals surface area (Å²) in [7, 11) is 0. The van der Waals surface area contributed by atoms with Crippen molar-refractivity contribution in [2.75, 3.05) is 0 Å².